The zero-order chi connectivity index (χ0) is 17.0. The number of anilines is 2. The summed E-state index contributed by atoms with van der Waals surface area (Å²) in [6.45, 7) is 2.27. The number of rotatable bonds is 11. The van der Waals surface area contributed by atoms with Crippen molar-refractivity contribution in [3.63, 3.8) is 0 Å². The second-order valence-corrected chi connectivity index (χ2v) is 6.43. The van der Waals surface area contributed by atoms with Crippen LogP contribution in [0.4, 0.5) is 11.4 Å². The van der Waals surface area contributed by atoms with Crippen molar-refractivity contribution in [1.29, 1.82) is 0 Å². The lowest BCUT2D eigenvalue weighted by Gasteiger charge is -2.09. The van der Waals surface area contributed by atoms with E-state index in [2.05, 4.69) is 42.6 Å². The van der Waals surface area contributed by atoms with Crippen LogP contribution in [0.15, 0.2) is 48.5 Å². The van der Waals surface area contributed by atoms with Crippen LogP contribution in [0.5, 0.6) is 5.75 Å². The average Bonchev–Trinajstić information content (AvgIpc) is 2.62. The number of methoxy groups -OCH3 is 1. The Labute approximate surface area is 147 Å². The Hall–Kier alpha value is -1.96. The molecular weight excluding hydrogens is 294 g/mol. The largest absolute Gasteiger partial charge is 0.497 e. The van der Waals surface area contributed by atoms with Gasteiger partial charge in [0.05, 0.1) is 7.11 Å². The van der Waals surface area contributed by atoms with Crippen molar-refractivity contribution in [2.24, 2.45) is 0 Å². The van der Waals surface area contributed by atoms with Crippen molar-refractivity contribution in [3.05, 3.63) is 54.1 Å². The first-order valence-corrected chi connectivity index (χ1v) is 9.32. The number of nitrogens with one attached hydrogen (secondary N) is 1. The zero-order valence-electron chi connectivity index (χ0n) is 15.2. The van der Waals surface area contributed by atoms with Crippen molar-refractivity contribution >= 4 is 11.4 Å². The number of ether oxygens (including phenoxy) is 1. The van der Waals surface area contributed by atoms with Gasteiger partial charge in [-0.3, -0.25) is 0 Å². The van der Waals surface area contributed by atoms with Gasteiger partial charge in [0.15, 0.2) is 0 Å². The third kappa shape index (κ3) is 6.66. The van der Waals surface area contributed by atoms with Crippen molar-refractivity contribution in [1.82, 2.24) is 0 Å². The quantitative estimate of drug-likeness (QED) is 0.462. The van der Waals surface area contributed by atoms with Crippen LogP contribution in [0.2, 0.25) is 0 Å². The minimum Gasteiger partial charge on any atom is -0.497 e. The summed E-state index contributed by atoms with van der Waals surface area (Å²) in [6, 6.07) is 16.8. The van der Waals surface area contributed by atoms with Crippen LogP contribution in [-0.4, -0.2) is 7.11 Å². The van der Waals surface area contributed by atoms with Crippen LogP contribution >= 0.6 is 0 Å². The molecule has 2 aromatic carbocycles. The number of hydrogen-bond donors (Lipinski definition) is 1. The predicted molar refractivity (Wildman–Crippen MR) is 104 cm³/mol. The van der Waals surface area contributed by atoms with E-state index >= 15 is 0 Å². The Kier molecular flexibility index (Phi) is 8.23. The van der Waals surface area contributed by atoms with E-state index in [0.717, 1.165) is 17.1 Å². The molecule has 0 bridgehead atoms. The first kappa shape index (κ1) is 18.4. The summed E-state index contributed by atoms with van der Waals surface area (Å²) >= 11 is 0. The molecule has 0 aliphatic carbocycles. The number of benzene rings is 2. The van der Waals surface area contributed by atoms with Crippen LogP contribution < -0.4 is 10.1 Å². The van der Waals surface area contributed by atoms with Crippen LogP contribution in [-0.2, 0) is 6.42 Å². The molecular formula is C22H31NO. The van der Waals surface area contributed by atoms with E-state index in [0.29, 0.717) is 0 Å². The normalized spacial score (nSPS) is 10.6. The number of hydrogen-bond acceptors (Lipinski definition) is 2. The molecule has 2 rings (SSSR count). The van der Waals surface area contributed by atoms with Crippen LogP contribution in [0.1, 0.15) is 57.4 Å². The van der Waals surface area contributed by atoms with Gasteiger partial charge < -0.3 is 10.1 Å². The maximum Gasteiger partial charge on any atom is 0.120 e. The fraction of sp³-hybridized carbons (Fsp3) is 0.455. The van der Waals surface area contributed by atoms with Gasteiger partial charge in [-0.25, -0.2) is 0 Å². The second kappa shape index (κ2) is 10.7. The summed E-state index contributed by atoms with van der Waals surface area (Å²) in [4.78, 5) is 0. The van der Waals surface area contributed by atoms with Gasteiger partial charge >= 0.3 is 0 Å². The molecule has 0 unspecified atom stereocenters. The van der Waals surface area contributed by atoms with Crippen molar-refractivity contribution in [3.8, 4) is 5.75 Å². The maximum atomic E-state index is 5.26. The van der Waals surface area contributed by atoms with Gasteiger partial charge in [0, 0.05) is 17.4 Å². The highest BCUT2D eigenvalue weighted by Crippen LogP contribution is 2.22. The lowest BCUT2D eigenvalue weighted by molar-refractivity contribution is 0.415. The molecule has 24 heavy (non-hydrogen) atoms. The molecule has 0 aromatic heterocycles. The maximum absolute atomic E-state index is 5.26. The molecule has 2 nitrogen and oxygen atoms in total. The van der Waals surface area contributed by atoms with Crippen molar-refractivity contribution in [2.75, 3.05) is 12.4 Å². The van der Waals surface area contributed by atoms with E-state index in [4.69, 9.17) is 4.74 Å². The van der Waals surface area contributed by atoms with Gasteiger partial charge in [0.2, 0.25) is 0 Å². The van der Waals surface area contributed by atoms with Crippen LogP contribution in [0.25, 0.3) is 0 Å². The van der Waals surface area contributed by atoms with Gasteiger partial charge in [0.25, 0.3) is 0 Å². The fourth-order valence-corrected chi connectivity index (χ4v) is 2.91. The molecule has 0 spiro atoms. The van der Waals surface area contributed by atoms with Crippen LogP contribution in [0, 0.1) is 0 Å². The molecule has 0 atom stereocenters. The highest BCUT2D eigenvalue weighted by atomic mass is 16.5. The lowest BCUT2D eigenvalue weighted by atomic mass is 10.0. The molecule has 0 fully saturated rings. The Morgan fingerprint density at radius 3 is 2.21 bits per heavy atom. The Morgan fingerprint density at radius 2 is 1.50 bits per heavy atom. The molecule has 130 valence electrons. The van der Waals surface area contributed by atoms with E-state index in [1.54, 1.807) is 7.11 Å². The van der Waals surface area contributed by atoms with Gasteiger partial charge in [0.1, 0.15) is 5.75 Å². The van der Waals surface area contributed by atoms with Gasteiger partial charge in [-0.1, -0.05) is 63.6 Å². The highest BCUT2D eigenvalue weighted by molar-refractivity contribution is 5.61. The van der Waals surface area contributed by atoms with E-state index in [-0.39, 0.29) is 0 Å². The van der Waals surface area contributed by atoms with E-state index in [1.807, 2.05) is 18.2 Å². The van der Waals surface area contributed by atoms with Crippen LogP contribution in [0.3, 0.4) is 0 Å². The van der Waals surface area contributed by atoms with Gasteiger partial charge in [-0.2, -0.15) is 0 Å². The predicted octanol–water partition coefficient (Wildman–Crippen LogP) is 6.73. The standard InChI is InChI=1S/C22H31NO/c1-3-4-5-6-7-8-9-11-19-14-16-20(17-15-19)23-21-12-10-13-22(18-21)24-2/h10,12-18,23H,3-9,11H2,1-2H3. The summed E-state index contributed by atoms with van der Waals surface area (Å²) in [5.41, 5.74) is 3.60. The molecule has 0 aliphatic heterocycles. The molecule has 0 amide bonds. The third-order valence-electron chi connectivity index (χ3n) is 4.38. The summed E-state index contributed by atoms with van der Waals surface area (Å²) in [7, 11) is 1.69. The molecule has 2 heteroatoms. The third-order valence-corrected chi connectivity index (χ3v) is 4.38. The topological polar surface area (TPSA) is 21.3 Å². The summed E-state index contributed by atoms with van der Waals surface area (Å²) in [5, 5.41) is 3.42. The SMILES string of the molecule is CCCCCCCCCc1ccc(Nc2cccc(OC)c2)cc1. The summed E-state index contributed by atoms with van der Waals surface area (Å²) in [6.07, 6.45) is 10.8. The summed E-state index contributed by atoms with van der Waals surface area (Å²) < 4.78 is 5.26. The Bertz CT molecular complexity index is 577. The van der Waals surface area contributed by atoms with Crippen molar-refractivity contribution < 1.29 is 4.74 Å². The molecule has 1 N–H and O–H groups in total. The number of unbranched alkanes of at least 4 members (excludes halogenated alkanes) is 6. The molecule has 0 heterocycles. The van der Waals surface area contributed by atoms with Gasteiger partial charge in [-0.15, -0.1) is 0 Å². The molecule has 2 aromatic rings. The first-order chi connectivity index (χ1) is 11.8. The van der Waals surface area contributed by atoms with E-state index in [1.165, 1.54) is 56.9 Å². The summed E-state index contributed by atoms with van der Waals surface area (Å²) in [5.74, 6) is 0.871. The fourth-order valence-electron chi connectivity index (χ4n) is 2.91. The lowest BCUT2D eigenvalue weighted by Crippen LogP contribution is -1.92. The molecule has 0 saturated heterocycles. The van der Waals surface area contributed by atoms with Gasteiger partial charge in [-0.05, 0) is 42.7 Å². The average molecular weight is 325 g/mol. The molecule has 0 radical (unpaired) electrons. The molecule has 0 aliphatic rings. The minimum absolute atomic E-state index is 0.871. The Balaban J connectivity index is 1.72. The molecule has 0 saturated carbocycles. The van der Waals surface area contributed by atoms with E-state index < -0.39 is 0 Å². The zero-order valence-corrected chi connectivity index (χ0v) is 15.2. The monoisotopic (exact) mass is 325 g/mol. The second-order valence-electron chi connectivity index (χ2n) is 6.43. The highest BCUT2D eigenvalue weighted by Gasteiger charge is 1.99. The van der Waals surface area contributed by atoms with E-state index in [9.17, 15) is 0 Å². The number of aryl methyl sites for hydroxylation is 1. The van der Waals surface area contributed by atoms with Crippen molar-refractivity contribution in [2.45, 2.75) is 58.3 Å². The Morgan fingerprint density at radius 1 is 0.792 bits per heavy atom. The minimum atomic E-state index is 0.871. The smallest absolute Gasteiger partial charge is 0.120 e. The first-order valence-electron chi connectivity index (χ1n) is 9.32.